The maximum atomic E-state index is 14.6. The Morgan fingerprint density at radius 1 is 1.04 bits per heavy atom. The Morgan fingerprint density at radius 3 is 2.78 bits per heavy atom. The van der Waals surface area contributed by atoms with Crippen LogP contribution < -0.4 is 21.2 Å². The topological polar surface area (TPSA) is 70.4 Å². The highest BCUT2D eigenvalue weighted by Crippen LogP contribution is 2.26. The van der Waals surface area contributed by atoms with Crippen LogP contribution >= 0.6 is 0 Å². The third kappa shape index (κ3) is 3.02. The second kappa shape index (κ2) is 6.62. The Morgan fingerprint density at radius 2 is 1.93 bits per heavy atom. The van der Waals surface area contributed by atoms with Crippen LogP contribution in [0.3, 0.4) is 0 Å². The SMILES string of the molecule is Fc1cc(N2CCNCC2)ccc1N=c1ncc2ccc3n(c-2n1)CCN3. The van der Waals surface area contributed by atoms with Crippen LogP contribution in [0.2, 0.25) is 0 Å². The van der Waals surface area contributed by atoms with Gasteiger partial charge in [0.25, 0.3) is 5.62 Å². The molecule has 0 amide bonds. The summed E-state index contributed by atoms with van der Waals surface area (Å²) in [5, 5.41) is 6.61. The molecule has 1 aromatic carbocycles. The Bertz CT molecular complexity index is 1020. The molecule has 0 unspecified atom stereocenters. The molecular formula is C19H20FN7. The van der Waals surface area contributed by atoms with Crippen molar-refractivity contribution in [2.75, 3.05) is 42.9 Å². The number of hydrogen-bond donors (Lipinski definition) is 2. The van der Waals surface area contributed by atoms with Gasteiger partial charge in [-0.1, -0.05) is 0 Å². The number of benzene rings is 1. The molecular weight excluding hydrogens is 345 g/mol. The zero-order valence-corrected chi connectivity index (χ0v) is 14.8. The number of nitrogens with zero attached hydrogens (tertiary/aromatic N) is 5. The fourth-order valence-corrected chi connectivity index (χ4v) is 3.62. The van der Waals surface area contributed by atoms with Crippen LogP contribution in [-0.4, -0.2) is 47.3 Å². The molecule has 8 heteroatoms. The first-order chi connectivity index (χ1) is 13.3. The van der Waals surface area contributed by atoms with Gasteiger partial charge >= 0.3 is 0 Å². The average Bonchev–Trinajstić information content (AvgIpc) is 3.19. The van der Waals surface area contributed by atoms with E-state index in [-0.39, 0.29) is 17.1 Å². The third-order valence-electron chi connectivity index (χ3n) is 5.03. The van der Waals surface area contributed by atoms with Gasteiger partial charge in [0.05, 0.1) is 0 Å². The Balaban J connectivity index is 1.52. The lowest BCUT2D eigenvalue weighted by Gasteiger charge is -2.29. The smallest absolute Gasteiger partial charge is 0.251 e. The summed E-state index contributed by atoms with van der Waals surface area (Å²) in [6, 6.07) is 9.15. The first-order valence-electron chi connectivity index (χ1n) is 9.18. The van der Waals surface area contributed by atoms with Crippen molar-refractivity contribution in [2.45, 2.75) is 6.54 Å². The normalized spacial score (nSPS) is 17.2. The van der Waals surface area contributed by atoms with Gasteiger partial charge in [0.1, 0.15) is 17.3 Å². The fourth-order valence-electron chi connectivity index (χ4n) is 3.62. The molecule has 0 spiro atoms. The van der Waals surface area contributed by atoms with Gasteiger partial charge in [-0.3, -0.25) is 0 Å². The zero-order valence-electron chi connectivity index (χ0n) is 14.8. The maximum Gasteiger partial charge on any atom is 0.251 e. The average molecular weight is 365 g/mol. The highest BCUT2D eigenvalue weighted by atomic mass is 19.1. The number of anilines is 2. The van der Waals surface area contributed by atoms with Crippen LogP contribution in [0, 0.1) is 5.82 Å². The number of piperazine rings is 1. The largest absolute Gasteiger partial charge is 0.370 e. The van der Waals surface area contributed by atoms with E-state index in [9.17, 15) is 4.39 Å². The first-order valence-corrected chi connectivity index (χ1v) is 9.18. The molecule has 27 heavy (non-hydrogen) atoms. The fraction of sp³-hybridized carbons (Fsp3) is 0.316. The monoisotopic (exact) mass is 365 g/mol. The second-order valence-corrected chi connectivity index (χ2v) is 6.73. The lowest BCUT2D eigenvalue weighted by molar-refractivity contribution is 0.585. The number of nitrogens with one attached hydrogen (secondary N) is 2. The summed E-state index contributed by atoms with van der Waals surface area (Å²) in [7, 11) is 0. The van der Waals surface area contributed by atoms with Crippen LogP contribution in [-0.2, 0) is 6.54 Å². The molecule has 5 rings (SSSR count). The van der Waals surface area contributed by atoms with Crippen molar-refractivity contribution in [2.24, 2.45) is 4.99 Å². The van der Waals surface area contributed by atoms with Crippen molar-refractivity contribution in [1.82, 2.24) is 19.9 Å². The number of hydrogen-bond acceptors (Lipinski definition) is 6. The van der Waals surface area contributed by atoms with E-state index in [1.165, 1.54) is 0 Å². The summed E-state index contributed by atoms with van der Waals surface area (Å²) < 4.78 is 16.7. The van der Waals surface area contributed by atoms with Crippen molar-refractivity contribution >= 4 is 17.2 Å². The van der Waals surface area contributed by atoms with Gasteiger partial charge in [-0.25, -0.2) is 14.4 Å². The lowest BCUT2D eigenvalue weighted by Crippen LogP contribution is -2.43. The molecule has 0 aromatic heterocycles. The summed E-state index contributed by atoms with van der Waals surface area (Å²) in [4.78, 5) is 15.3. The third-order valence-corrected chi connectivity index (χ3v) is 5.03. The van der Waals surface area contributed by atoms with Gasteiger partial charge in [-0.05, 0) is 30.3 Å². The van der Waals surface area contributed by atoms with Crippen LogP contribution in [0.25, 0.3) is 11.4 Å². The molecule has 4 heterocycles. The predicted molar refractivity (Wildman–Crippen MR) is 102 cm³/mol. The van der Waals surface area contributed by atoms with Crippen molar-refractivity contribution in [3.05, 3.63) is 48.0 Å². The van der Waals surface area contributed by atoms with E-state index in [0.29, 0.717) is 0 Å². The Labute approximate surface area is 155 Å². The van der Waals surface area contributed by atoms with Crippen LogP contribution in [0.15, 0.2) is 41.5 Å². The highest BCUT2D eigenvalue weighted by Gasteiger charge is 2.16. The number of pyridine rings is 1. The van der Waals surface area contributed by atoms with Gasteiger partial charge in [-0.2, -0.15) is 4.98 Å². The van der Waals surface area contributed by atoms with Crippen LogP contribution in [0.4, 0.5) is 21.6 Å². The molecule has 0 saturated carbocycles. The Hall–Kier alpha value is -3.00. The van der Waals surface area contributed by atoms with Crippen molar-refractivity contribution in [3.63, 3.8) is 0 Å². The van der Waals surface area contributed by atoms with Gasteiger partial charge in [0, 0.05) is 56.7 Å². The minimum absolute atomic E-state index is 0.254. The summed E-state index contributed by atoms with van der Waals surface area (Å²) >= 11 is 0. The van der Waals surface area contributed by atoms with E-state index in [0.717, 1.165) is 62.2 Å². The molecule has 0 aliphatic carbocycles. The van der Waals surface area contributed by atoms with Gasteiger partial charge in [0.15, 0.2) is 5.82 Å². The number of rotatable bonds is 2. The van der Waals surface area contributed by atoms with Crippen molar-refractivity contribution < 1.29 is 4.39 Å². The molecule has 1 saturated heterocycles. The lowest BCUT2D eigenvalue weighted by atomic mass is 10.2. The molecule has 0 atom stereocenters. The summed E-state index contributed by atoms with van der Waals surface area (Å²) in [6.07, 6.45) is 1.74. The number of halogens is 1. The summed E-state index contributed by atoms with van der Waals surface area (Å²) in [6.45, 7) is 5.29. The van der Waals surface area contributed by atoms with Crippen molar-refractivity contribution in [1.29, 1.82) is 0 Å². The van der Waals surface area contributed by atoms with E-state index in [4.69, 9.17) is 0 Å². The van der Waals surface area contributed by atoms with E-state index in [1.807, 2.05) is 18.2 Å². The summed E-state index contributed by atoms with van der Waals surface area (Å²) in [5.41, 5.74) is 2.34. The molecule has 2 N–H and O–H groups in total. The van der Waals surface area contributed by atoms with Crippen LogP contribution in [0.5, 0.6) is 0 Å². The number of fused-ring (bicyclic) bond motifs is 3. The van der Waals surface area contributed by atoms with Crippen molar-refractivity contribution in [3.8, 4) is 11.4 Å². The quantitative estimate of drug-likeness (QED) is 0.722. The molecule has 1 fully saturated rings. The molecule has 4 aliphatic rings. The van der Waals surface area contributed by atoms with E-state index in [2.05, 4.69) is 35.1 Å². The molecule has 1 aromatic rings. The molecule has 7 nitrogen and oxygen atoms in total. The standard InChI is InChI=1S/C19H20FN7/c20-15-11-14(26-8-5-21-6-9-26)2-3-16(15)24-19-23-12-13-1-4-17-22-7-10-27(17)18(13)25-19/h1-4,11-12,21-22H,5-10H2. The van der Waals surface area contributed by atoms with E-state index in [1.54, 1.807) is 18.3 Å². The second-order valence-electron chi connectivity index (χ2n) is 6.73. The molecule has 138 valence electrons. The van der Waals surface area contributed by atoms with E-state index >= 15 is 0 Å². The van der Waals surface area contributed by atoms with E-state index < -0.39 is 0 Å². The molecule has 0 radical (unpaired) electrons. The maximum absolute atomic E-state index is 14.6. The van der Waals surface area contributed by atoms with Crippen LogP contribution in [0.1, 0.15) is 0 Å². The minimum atomic E-state index is -0.359. The van der Waals surface area contributed by atoms with Gasteiger partial charge < -0.3 is 20.1 Å². The first kappa shape index (κ1) is 16.2. The predicted octanol–water partition coefficient (Wildman–Crippen LogP) is 1.59. The Kier molecular flexibility index (Phi) is 3.97. The molecule has 4 aliphatic heterocycles. The molecule has 0 bridgehead atoms. The highest BCUT2D eigenvalue weighted by molar-refractivity contribution is 5.61. The zero-order chi connectivity index (χ0) is 18.2. The van der Waals surface area contributed by atoms with Gasteiger partial charge in [-0.15, -0.1) is 0 Å². The summed E-state index contributed by atoms with van der Waals surface area (Å²) in [5.74, 6) is 1.48. The minimum Gasteiger partial charge on any atom is -0.370 e. The van der Waals surface area contributed by atoms with Gasteiger partial charge in [0.2, 0.25) is 0 Å². The number of aromatic nitrogens is 3.